The van der Waals surface area contributed by atoms with E-state index in [2.05, 4.69) is 191 Å². The summed E-state index contributed by atoms with van der Waals surface area (Å²) in [4.78, 5) is 0. The van der Waals surface area contributed by atoms with Crippen LogP contribution in [0.25, 0.3) is 0 Å². The minimum atomic E-state index is -2.71. The second-order valence-corrected chi connectivity index (χ2v) is 30.1. The molecule has 1 saturated heterocycles. The van der Waals surface area contributed by atoms with Crippen molar-refractivity contribution in [2.75, 3.05) is 27.4 Å². The molecule has 0 radical (unpaired) electrons. The zero-order valence-corrected chi connectivity index (χ0v) is 44.4. The Bertz CT molecular complexity index is 1890. The average Bonchev–Trinajstić information content (AvgIpc) is 3.28. The highest BCUT2D eigenvalue weighted by atomic mass is 28.4. The van der Waals surface area contributed by atoms with Gasteiger partial charge in [-0.25, -0.2) is 0 Å². The summed E-state index contributed by atoms with van der Waals surface area (Å²) in [6.45, 7) is 28.0. The molecular weight excluding hydrogens is 841 g/mol. The van der Waals surface area contributed by atoms with Crippen LogP contribution in [0.5, 0.6) is 0 Å². The number of aliphatic hydroxyl groups excluding tert-OH is 1. The van der Waals surface area contributed by atoms with Gasteiger partial charge < -0.3 is 32.9 Å². The lowest BCUT2D eigenvalue weighted by Crippen LogP contribution is -2.67. The number of ether oxygens (including phenoxy) is 4. The van der Waals surface area contributed by atoms with Crippen LogP contribution in [0.3, 0.4) is 0 Å². The van der Waals surface area contributed by atoms with Crippen molar-refractivity contribution in [3.8, 4) is 0 Å². The van der Waals surface area contributed by atoms with Gasteiger partial charge in [-0.05, 0) is 69.9 Å². The maximum Gasteiger partial charge on any atom is 0.261 e. The van der Waals surface area contributed by atoms with Crippen molar-refractivity contribution in [1.29, 1.82) is 0 Å². The lowest BCUT2D eigenvalue weighted by Gasteiger charge is -2.48. The van der Waals surface area contributed by atoms with Crippen LogP contribution in [-0.2, 0) is 27.8 Å². The normalized spacial score (nSPS) is 21.2. The summed E-state index contributed by atoms with van der Waals surface area (Å²) < 4.78 is 40.3. The predicted molar refractivity (Wildman–Crippen MR) is 274 cm³/mol. The molecule has 1 heterocycles. The zero-order valence-electron chi connectivity index (χ0n) is 42.4. The summed E-state index contributed by atoms with van der Waals surface area (Å²) in [5.74, 6) is -0.397. The van der Waals surface area contributed by atoms with Crippen LogP contribution in [0.15, 0.2) is 121 Å². The van der Waals surface area contributed by atoms with Gasteiger partial charge in [0.25, 0.3) is 16.6 Å². The number of methoxy groups -OCH3 is 2. The molecule has 1 aliphatic rings. The van der Waals surface area contributed by atoms with Crippen molar-refractivity contribution in [3.05, 3.63) is 121 Å². The Morgan fingerprint density at radius 1 is 0.615 bits per heavy atom. The van der Waals surface area contributed by atoms with Crippen LogP contribution in [0, 0.1) is 23.7 Å². The van der Waals surface area contributed by atoms with E-state index in [1.54, 1.807) is 14.2 Å². The van der Waals surface area contributed by atoms with E-state index in [0.717, 1.165) is 12.8 Å². The Labute approximate surface area is 396 Å². The molecule has 9 atom stereocenters. The lowest BCUT2D eigenvalue weighted by molar-refractivity contribution is -0.328. The standard InChI is InChI=1S/C56H84O7Si2/c1-41(52(59-14)39-49(57)43(3)50(58-13)37-38-60-64(54(5,6)7,45-27-19-15-20-28-45)46-29-21-16-22-30-46)35-36-51-44(4)53(63-56(11,12)62-51)42(2)40-61-65(55(8,9)10,47-31-23-17-24-32-47)48-33-25-18-26-34-48/h15-34,41-44,49-53,57H,35-40H2,1-14H3/t41-,42-,43-,44-,49-,50-,51+,52-,53+/m0/s1. The molecule has 7 nitrogen and oxygen atoms in total. The van der Waals surface area contributed by atoms with E-state index < -0.39 is 28.5 Å². The maximum atomic E-state index is 11.8. The van der Waals surface area contributed by atoms with Gasteiger partial charge in [0.1, 0.15) is 0 Å². The first kappa shape index (κ1) is 53.0. The smallest absolute Gasteiger partial charge is 0.261 e. The Morgan fingerprint density at radius 3 is 1.43 bits per heavy atom. The molecule has 0 aliphatic carbocycles. The summed E-state index contributed by atoms with van der Waals surface area (Å²) in [5, 5.41) is 16.7. The molecule has 1 N–H and O–H groups in total. The first-order chi connectivity index (χ1) is 30.7. The van der Waals surface area contributed by atoms with Crippen LogP contribution >= 0.6 is 0 Å². The second-order valence-electron chi connectivity index (χ2n) is 21.5. The van der Waals surface area contributed by atoms with E-state index in [9.17, 15) is 5.11 Å². The van der Waals surface area contributed by atoms with Crippen molar-refractivity contribution < 1.29 is 32.9 Å². The first-order valence-corrected chi connectivity index (χ1v) is 28.1. The molecule has 4 aromatic carbocycles. The Hall–Kier alpha value is -2.97. The van der Waals surface area contributed by atoms with Gasteiger partial charge in [-0.3, -0.25) is 0 Å². The number of benzene rings is 4. The molecule has 65 heavy (non-hydrogen) atoms. The van der Waals surface area contributed by atoms with Crippen LogP contribution in [0.1, 0.15) is 109 Å². The van der Waals surface area contributed by atoms with Gasteiger partial charge in [-0.2, -0.15) is 0 Å². The van der Waals surface area contributed by atoms with Crippen LogP contribution in [-0.4, -0.2) is 85.5 Å². The van der Waals surface area contributed by atoms with E-state index in [0.29, 0.717) is 26.1 Å². The van der Waals surface area contributed by atoms with E-state index in [1.807, 2.05) is 13.8 Å². The number of hydrogen-bond donors (Lipinski definition) is 1. The van der Waals surface area contributed by atoms with Crippen molar-refractivity contribution in [1.82, 2.24) is 0 Å². The molecule has 9 heteroatoms. The molecule has 1 fully saturated rings. The predicted octanol–water partition coefficient (Wildman–Crippen LogP) is 10.2. The average molecular weight is 925 g/mol. The summed E-state index contributed by atoms with van der Waals surface area (Å²) in [6.07, 6.45) is 1.96. The van der Waals surface area contributed by atoms with Crippen molar-refractivity contribution in [3.63, 3.8) is 0 Å². The van der Waals surface area contributed by atoms with E-state index in [-0.39, 0.29) is 58.2 Å². The second kappa shape index (κ2) is 22.9. The SMILES string of the molecule is CO[C@@H](CCO[Si](c1ccccc1)(c1ccccc1)C(C)(C)C)[C@@H](C)[C@@H](O)C[C@H](OC)[C@@H](C)CC[C@H]1OC(C)(C)O[C@H]([C@@H](C)CO[Si](c2ccccc2)(c2ccccc2)C(C)(C)C)[C@H]1C. The third-order valence-corrected chi connectivity index (χ3v) is 24.5. The van der Waals surface area contributed by atoms with Crippen LogP contribution < -0.4 is 20.7 Å². The third-order valence-electron chi connectivity index (χ3n) is 14.5. The van der Waals surface area contributed by atoms with Gasteiger partial charge in [0.15, 0.2) is 5.79 Å². The molecule has 0 spiro atoms. The molecule has 358 valence electrons. The maximum absolute atomic E-state index is 11.8. The number of hydrogen-bond acceptors (Lipinski definition) is 7. The minimum absolute atomic E-state index is 0.00344. The highest BCUT2D eigenvalue weighted by Gasteiger charge is 2.52. The Balaban J connectivity index is 1.22. The molecule has 0 unspecified atom stereocenters. The highest BCUT2D eigenvalue weighted by molar-refractivity contribution is 7.00. The molecular formula is C56H84O7Si2. The van der Waals surface area contributed by atoms with Crippen molar-refractivity contribution in [2.45, 2.75) is 155 Å². The van der Waals surface area contributed by atoms with Gasteiger partial charge in [-0.1, -0.05) is 191 Å². The molecule has 0 aromatic heterocycles. The fourth-order valence-electron chi connectivity index (χ4n) is 10.8. The summed E-state index contributed by atoms with van der Waals surface area (Å²) in [6, 6.07) is 43.2. The largest absolute Gasteiger partial charge is 0.407 e. The zero-order chi connectivity index (χ0) is 47.6. The number of aliphatic hydroxyl groups is 1. The fourth-order valence-corrected chi connectivity index (χ4v) is 20.0. The monoisotopic (exact) mass is 925 g/mol. The summed E-state index contributed by atoms with van der Waals surface area (Å²) in [7, 11) is -1.88. The number of rotatable bonds is 22. The highest BCUT2D eigenvalue weighted by Crippen LogP contribution is 2.41. The van der Waals surface area contributed by atoms with E-state index in [1.165, 1.54) is 20.7 Å². The van der Waals surface area contributed by atoms with Gasteiger partial charge in [0, 0.05) is 51.6 Å². The molecule has 5 rings (SSSR count). The van der Waals surface area contributed by atoms with Gasteiger partial charge >= 0.3 is 0 Å². The van der Waals surface area contributed by atoms with E-state index in [4.69, 9.17) is 27.8 Å². The molecule has 1 aliphatic heterocycles. The molecule has 0 bridgehead atoms. The van der Waals surface area contributed by atoms with Crippen molar-refractivity contribution in [2.24, 2.45) is 23.7 Å². The van der Waals surface area contributed by atoms with E-state index >= 15 is 0 Å². The molecule has 4 aromatic rings. The van der Waals surface area contributed by atoms with Crippen molar-refractivity contribution >= 4 is 37.4 Å². The quantitative estimate of drug-likeness (QED) is 0.0787. The van der Waals surface area contributed by atoms with Gasteiger partial charge in [0.2, 0.25) is 0 Å². The first-order valence-electron chi connectivity index (χ1n) is 24.3. The van der Waals surface area contributed by atoms with Gasteiger partial charge in [0.05, 0.1) is 30.5 Å². The van der Waals surface area contributed by atoms with Crippen LogP contribution in [0.4, 0.5) is 0 Å². The summed E-state index contributed by atoms with van der Waals surface area (Å²) in [5.41, 5.74) is 0. The lowest BCUT2D eigenvalue weighted by atomic mass is 9.83. The third kappa shape index (κ3) is 12.4. The molecule has 0 amide bonds. The fraction of sp³-hybridized carbons (Fsp3) is 0.571. The Kier molecular flexibility index (Phi) is 18.7. The van der Waals surface area contributed by atoms with Gasteiger partial charge in [-0.15, -0.1) is 0 Å². The summed E-state index contributed by atoms with van der Waals surface area (Å²) >= 11 is 0. The van der Waals surface area contributed by atoms with Crippen LogP contribution in [0.2, 0.25) is 10.1 Å². The topological polar surface area (TPSA) is 75.6 Å². The minimum Gasteiger partial charge on any atom is -0.407 e. The Morgan fingerprint density at radius 2 is 1.03 bits per heavy atom. The molecule has 0 saturated carbocycles.